The Bertz CT molecular complexity index is 723. The number of aromatic nitrogens is 2. The molecule has 0 saturated carbocycles. The van der Waals surface area contributed by atoms with Gasteiger partial charge in [0.1, 0.15) is 0 Å². The van der Waals surface area contributed by atoms with Crippen LogP contribution in [0.1, 0.15) is 50.3 Å². The first-order valence-electron chi connectivity index (χ1n) is 8.62. The van der Waals surface area contributed by atoms with E-state index in [1.807, 2.05) is 26.0 Å². The molecule has 0 aliphatic carbocycles. The van der Waals surface area contributed by atoms with E-state index in [-0.39, 0.29) is 17.7 Å². The van der Waals surface area contributed by atoms with E-state index >= 15 is 0 Å². The minimum absolute atomic E-state index is 0.0272. The highest BCUT2D eigenvalue weighted by Crippen LogP contribution is 2.28. The van der Waals surface area contributed by atoms with E-state index in [4.69, 9.17) is 16.0 Å². The van der Waals surface area contributed by atoms with Gasteiger partial charge in [0, 0.05) is 22.5 Å². The second-order valence-corrected chi connectivity index (χ2v) is 7.18. The molecule has 1 aromatic heterocycles. The average molecular weight is 363 g/mol. The molecular formula is C18H23ClN4O2. The lowest BCUT2D eigenvalue weighted by molar-refractivity contribution is -0.117. The topological polar surface area (TPSA) is 71.3 Å². The number of nitrogens with zero attached hydrogens (tertiary/aromatic N) is 3. The van der Waals surface area contributed by atoms with Gasteiger partial charge in [-0.2, -0.15) is 0 Å². The van der Waals surface area contributed by atoms with Gasteiger partial charge < -0.3 is 9.73 Å². The average Bonchev–Trinajstić information content (AvgIpc) is 3.06. The predicted octanol–water partition coefficient (Wildman–Crippen LogP) is 3.66. The van der Waals surface area contributed by atoms with Crippen LogP contribution in [-0.4, -0.2) is 40.6 Å². The summed E-state index contributed by atoms with van der Waals surface area (Å²) in [6.07, 6.45) is 1.84. The summed E-state index contributed by atoms with van der Waals surface area (Å²) in [5.74, 6) is 1.93. The van der Waals surface area contributed by atoms with Gasteiger partial charge in [-0.15, -0.1) is 10.2 Å². The summed E-state index contributed by atoms with van der Waals surface area (Å²) in [5, 5.41) is 11.8. The molecule has 6 nitrogen and oxygen atoms in total. The fourth-order valence-corrected chi connectivity index (χ4v) is 3.14. The van der Waals surface area contributed by atoms with Crippen molar-refractivity contribution in [1.29, 1.82) is 0 Å². The number of benzene rings is 1. The van der Waals surface area contributed by atoms with Gasteiger partial charge in [0.15, 0.2) is 0 Å². The lowest BCUT2D eigenvalue weighted by Crippen LogP contribution is -2.38. The Balaban J connectivity index is 1.48. The van der Waals surface area contributed by atoms with Crippen molar-refractivity contribution in [2.75, 3.05) is 25.0 Å². The Morgan fingerprint density at radius 2 is 2.12 bits per heavy atom. The summed E-state index contributed by atoms with van der Waals surface area (Å²) in [6.45, 7) is 6.14. The maximum atomic E-state index is 12.2. The molecule has 1 amide bonds. The Morgan fingerprint density at radius 3 is 2.76 bits per heavy atom. The normalized spacial score (nSPS) is 16.3. The Kier molecular flexibility index (Phi) is 5.71. The number of carbonyl (C=O) groups excluding carboxylic acids is 1. The molecular weight excluding hydrogens is 340 g/mol. The molecule has 134 valence electrons. The molecule has 0 spiro atoms. The standard InChI is InChI=1S/C18H23ClN4O2/c1-12(2)17-21-22-18(25-17)13-6-8-23(9-7-13)11-16(24)20-15-5-3-4-14(19)10-15/h3-5,10,12-13H,6-9,11H2,1-2H3,(H,20,24). The van der Waals surface area contributed by atoms with Crippen molar-refractivity contribution in [3.8, 4) is 0 Å². The number of anilines is 1. The van der Waals surface area contributed by atoms with E-state index in [0.29, 0.717) is 17.5 Å². The number of likely N-dealkylation sites (tertiary alicyclic amines) is 1. The van der Waals surface area contributed by atoms with E-state index in [0.717, 1.165) is 37.5 Å². The number of piperidine rings is 1. The molecule has 3 rings (SSSR count). The highest BCUT2D eigenvalue weighted by atomic mass is 35.5. The molecule has 1 N–H and O–H groups in total. The van der Waals surface area contributed by atoms with E-state index in [1.165, 1.54) is 0 Å². The largest absolute Gasteiger partial charge is 0.425 e. The summed E-state index contributed by atoms with van der Waals surface area (Å²) < 4.78 is 5.76. The maximum Gasteiger partial charge on any atom is 0.238 e. The van der Waals surface area contributed by atoms with E-state index in [9.17, 15) is 4.79 Å². The van der Waals surface area contributed by atoms with E-state index < -0.39 is 0 Å². The van der Waals surface area contributed by atoms with Crippen molar-refractivity contribution in [3.63, 3.8) is 0 Å². The van der Waals surface area contributed by atoms with Crippen LogP contribution in [0.15, 0.2) is 28.7 Å². The van der Waals surface area contributed by atoms with Crippen LogP contribution in [0.4, 0.5) is 5.69 Å². The molecule has 0 atom stereocenters. The van der Waals surface area contributed by atoms with Crippen molar-refractivity contribution >= 4 is 23.2 Å². The van der Waals surface area contributed by atoms with Crippen LogP contribution >= 0.6 is 11.6 Å². The van der Waals surface area contributed by atoms with Crippen molar-refractivity contribution in [2.45, 2.75) is 38.5 Å². The minimum atomic E-state index is -0.0272. The van der Waals surface area contributed by atoms with Gasteiger partial charge in [0.05, 0.1) is 6.54 Å². The van der Waals surface area contributed by atoms with Crippen LogP contribution in [0.2, 0.25) is 5.02 Å². The van der Waals surface area contributed by atoms with Crippen LogP contribution in [0.5, 0.6) is 0 Å². The first-order valence-corrected chi connectivity index (χ1v) is 9.00. The van der Waals surface area contributed by atoms with E-state index in [1.54, 1.807) is 12.1 Å². The molecule has 2 aromatic rings. The Morgan fingerprint density at radius 1 is 1.36 bits per heavy atom. The van der Waals surface area contributed by atoms with Crippen LogP contribution in [0.25, 0.3) is 0 Å². The highest BCUT2D eigenvalue weighted by Gasteiger charge is 2.26. The second-order valence-electron chi connectivity index (χ2n) is 6.74. The number of halogens is 1. The molecule has 2 heterocycles. The number of rotatable bonds is 5. The SMILES string of the molecule is CC(C)c1nnc(C2CCN(CC(=O)Nc3cccc(Cl)c3)CC2)o1. The molecule has 1 aliphatic heterocycles. The first kappa shape index (κ1) is 17.9. The fraction of sp³-hybridized carbons (Fsp3) is 0.500. The lowest BCUT2D eigenvalue weighted by atomic mass is 9.97. The molecule has 1 fully saturated rings. The second kappa shape index (κ2) is 7.97. The minimum Gasteiger partial charge on any atom is -0.425 e. The number of carbonyl (C=O) groups is 1. The fourth-order valence-electron chi connectivity index (χ4n) is 2.95. The third-order valence-electron chi connectivity index (χ3n) is 4.36. The number of nitrogens with one attached hydrogen (secondary N) is 1. The summed E-state index contributed by atoms with van der Waals surface area (Å²) >= 11 is 5.93. The van der Waals surface area contributed by atoms with Crippen LogP contribution in [0, 0.1) is 0 Å². The summed E-state index contributed by atoms with van der Waals surface area (Å²) in [4.78, 5) is 14.3. The van der Waals surface area contributed by atoms with Gasteiger partial charge in [-0.1, -0.05) is 31.5 Å². The molecule has 0 radical (unpaired) electrons. The van der Waals surface area contributed by atoms with Crippen molar-refractivity contribution < 1.29 is 9.21 Å². The lowest BCUT2D eigenvalue weighted by Gasteiger charge is -2.29. The zero-order valence-corrected chi connectivity index (χ0v) is 15.3. The predicted molar refractivity (Wildman–Crippen MR) is 96.9 cm³/mol. The third kappa shape index (κ3) is 4.80. The molecule has 25 heavy (non-hydrogen) atoms. The van der Waals surface area contributed by atoms with Gasteiger partial charge in [-0.05, 0) is 44.1 Å². The first-order chi connectivity index (χ1) is 12.0. The van der Waals surface area contributed by atoms with Crippen LogP contribution in [-0.2, 0) is 4.79 Å². The smallest absolute Gasteiger partial charge is 0.238 e. The zero-order valence-electron chi connectivity index (χ0n) is 14.5. The zero-order chi connectivity index (χ0) is 17.8. The molecule has 7 heteroatoms. The monoisotopic (exact) mass is 362 g/mol. The van der Waals surface area contributed by atoms with Gasteiger partial charge >= 0.3 is 0 Å². The number of hydrogen-bond donors (Lipinski definition) is 1. The van der Waals surface area contributed by atoms with Crippen molar-refractivity contribution in [1.82, 2.24) is 15.1 Å². The maximum absolute atomic E-state index is 12.2. The molecule has 1 aliphatic rings. The molecule has 0 bridgehead atoms. The van der Waals surface area contributed by atoms with E-state index in [2.05, 4.69) is 20.4 Å². The van der Waals surface area contributed by atoms with Gasteiger partial charge in [0.25, 0.3) is 0 Å². The Labute approximate surface area is 152 Å². The summed E-state index contributed by atoms with van der Waals surface area (Å²) in [5.41, 5.74) is 0.722. The van der Waals surface area contributed by atoms with Crippen molar-refractivity contribution in [3.05, 3.63) is 41.1 Å². The molecule has 1 aromatic carbocycles. The van der Waals surface area contributed by atoms with Crippen LogP contribution < -0.4 is 5.32 Å². The molecule has 1 saturated heterocycles. The molecule has 0 unspecified atom stereocenters. The van der Waals surface area contributed by atoms with Crippen molar-refractivity contribution in [2.24, 2.45) is 0 Å². The summed E-state index contributed by atoms with van der Waals surface area (Å²) in [7, 11) is 0. The Hall–Kier alpha value is -1.92. The highest BCUT2D eigenvalue weighted by molar-refractivity contribution is 6.30. The van der Waals surface area contributed by atoms with Gasteiger partial charge in [-0.25, -0.2) is 0 Å². The van der Waals surface area contributed by atoms with Gasteiger partial charge in [-0.3, -0.25) is 9.69 Å². The third-order valence-corrected chi connectivity index (χ3v) is 4.60. The number of hydrogen-bond acceptors (Lipinski definition) is 5. The van der Waals surface area contributed by atoms with Crippen LogP contribution in [0.3, 0.4) is 0 Å². The van der Waals surface area contributed by atoms with Gasteiger partial charge in [0.2, 0.25) is 17.7 Å². The quantitative estimate of drug-likeness (QED) is 0.878. The summed E-state index contributed by atoms with van der Waals surface area (Å²) in [6, 6.07) is 7.18. The number of amides is 1.